The summed E-state index contributed by atoms with van der Waals surface area (Å²) in [5, 5.41) is 5.45. The van der Waals surface area contributed by atoms with Gasteiger partial charge in [0.1, 0.15) is 11.5 Å². The van der Waals surface area contributed by atoms with Gasteiger partial charge in [0.25, 0.3) is 11.8 Å². The van der Waals surface area contributed by atoms with Crippen molar-refractivity contribution >= 4 is 17.8 Å². The van der Waals surface area contributed by atoms with Gasteiger partial charge in [0.05, 0.1) is 7.11 Å². The minimum Gasteiger partial charge on any atom is -0.497 e. The van der Waals surface area contributed by atoms with Crippen molar-refractivity contribution in [3.8, 4) is 11.5 Å². The van der Waals surface area contributed by atoms with Crippen molar-refractivity contribution in [1.82, 2.24) is 21.5 Å². The predicted octanol–water partition coefficient (Wildman–Crippen LogP) is 1.74. The molecule has 0 radical (unpaired) electrons. The molecule has 0 aliphatic heterocycles. The van der Waals surface area contributed by atoms with E-state index in [1.54, 1.807) is 55.6 Å². The van der Waals surface area contributed by atoms with Crippen LogP contribution in [0.1, 0.15) is 29.8 Å². The molecule has 9 heteroatoms. The van der Waals surface area contributed by atoms with Gasteiger partial charge in [-0.3, -0.25) is 20.4 Å². The molecule has 9 nitrogen and oxygen atoms in total. The van der Waals surface area contributed by atoms with Gasteiger partial charge in [0.15, 0.2) is 6.61 Å². The highest BCUT2D eigenvalue weighted by atomic mass is 16.5. The van der Waals surface area contributed by atoms with Crippen molar-refractivity contribution in [1.29, 1.82) is 0 Å². The number of carbonyl (C=O) groups excluding carboxylic acids is 3. The standard InChI is InChI=1S/C21H26N4O5/c1-14(2)23-21(28)22-12-15-4-6-16(7-5-15)20(27)25-24-19(26)13-30-18-10-8-17(29-3)9-11-18/h4-11,14H,12-13H2,1-3H3,(H,24,26)(H,25,27)(H2,22,23,28). The molecule has 2 aromatic rings. The van der Waals surface area contributed by atoms with Crippen molar-refractivity contribution in [3.63, 3.8) is 0 Å². The van der Waals surface area contributed by atoms with Crippen LogP contribution in [0, 0.1) is 0 Å². The molecule has 0 atom stereocenters. The number of hydrogen-bond donors (Lipinski definition) is 4. The first-order chi connectivity index (χ1) is 14.4. The van der Waals surface area contributed by atoms with Crippen molar-refractivity contribution in [2.45, 2.75) is 26.4 Å². The van der Waals surface area contributed by atoms with E-state index in [2.05, 4.69) is 21.5 Å². The maximum atomic E-state index is 12.1. The molecule has 0 bridgehead atoms. The van der Waals surface area contributed by atoms with E-state index in [4.69, 9.17) is 9.47 Å². The van der Waals surface area contributed by atoms with Crippen LogP contribution in [0.5, 0.6) is 11.5 Å². The molecule has 0 aliphatic carbocycles. The summed E-state index contributed by atoms with van der Waals surface area (Å²) in [4.78, 5) is 35.5. The van der Waals surface area contributed by atoms with Crippen LogP contribution in [0.15, 0.2) is 48.5 Å². The number of amides is 4. The second-order valence-corrected chi connectivity index (χ2v) is 6.65. The van der Waals surface area contributed by atoms with E-state index in [9.17, 15) is 14.4 Å². The first-order valence-electron chi connectivity index (χ1n) is 9.36. The monoisotopic (exact) mass is 414 g/mol. The molecule has 0 spiro atoms. The van der Waals surface area contributed by atoms with E-state index in [1.807, 2.05) is 13.8 Å². The average molecular weight is 414 g/mol. The van der Waals surface area contributed by atoms with Crippen LogP contribution in [0.4, 0.5) is 4.79 Å². The molecule has 160 valence electrons. The van der Waals surface area contributed by atoms with Crippen molar-refractivity contribution in [3.05, 3.63) is 59.7 Å². The van der Waals surface area contributed by atoms with Crippen LogP contribution in [0.3, 0.4) is 0 Å². The number of nitrogens with one attached hydrogen (secondary N) is 4. The van der Waals surface area contributed by atoms with Gasteiger partial charge in [-0.1, -0.05) is 12.1 Å². The van der Waals surface area contributed by atoms with Crippen LogP contribution in [0.25, 0.3) is 0 Å². The Bertz CT molecular complexity index is 851. The summed E-state index contributed by atoms with van der Waals surface area (Å²) in [5.74, 6) is 0.212. The Morgan fingerprint density at radius 1 is 0.900 bits per heavy atom. The van der Waals surface area contributed by atoms with Crippen molar-refractivity contribution < 1.29 is 23.9 Å². The number of carbonyl (C=O) groups is 3. The zero-order valence-electron chi connectivity index (χ0n) is 17.2. The summed E-state index contributed by atoms with van der Waals surface area (Å²) in [7, 11) is 1.56. The second kappa shape index (κ2) is 11.3. The fourth-order valence-corrected chi connectivity index (χ4v) is 2.33. The lowest BCUT2D eigenvalue weighted by atomic mass is 10.1. The van der Waals surface area contributed by atoms with Gasteiger partial charge in [-0.15, -0.1) is 0 Å². The van der Waals surface area contributed by atoms with E-state index in [1.165, 1.54) is 0 Å². The molecular formula is C21H26N4O5. The lowest BCUT2D eigenvalue weighted by Gasteiger charge is -2.11. The number of urea groups is 1. The Balaban J connectivity index is 1.73. The largest absolute Gasteiger partial charge is 0.497 e. The third-order valence-electron chi connectivity index (χ3n) is 3.83. The Hall–Kier alpha value is -3.75. The van der Waals surface area contributed by atoms with Gasteiger partial charge in [-0.05, 0) is 55.8 Å². The Morgan fingerprint density at radius 2 is 1.53 bits per heavy atom. The van der Waals surface area contributed by atoms with Gasteiger partial charge in [-0.25, -0.2) is 4.79 Å². The molecule has 2 rings (SSSR count). The number of ether oxygens (including phenoxy) is 2. The SMILES string of the molecule is COc1ccc(OCC(=O)NNC(=O)c2ccc(CNC(=O)NC(C)C)cc2)cc1. The summed E-state index contributed by atoms with van der Waals surface area (Å²) in [5.41, 5.74) is 5.82. The highest BCUT2D eigenvalue weighted by Gasteiger charge is 2.09. The summed E-state index contributed by atoms with van der Waals surface area (Å²) in [6.07, 6.45) is 0. The molecule has 0 heterocycles. The number of benzene rings is 2. The number of hydrazine groups is 1. The Kier molecular flexibility index (Phi) is 8.49. The third kappa shape index (κ3) is 7.70. The third-order valence-corrected chi connectivity index (χ3v) is 3.83. The average Bonchev–Trinajstić information content (AvgIpc) is 2.74. The predicted molar refractivity (Wildman–Crippen MR) is 111 cm³/mol. The molecular weight excluding hydrogens is 388 g/mol. The normalized spacial score (nSPS) is 10.1. The van der Waals surface area contributed by atoms with E-state index in [0.29, 0.717) is 23.6 Å². The highest BCUT2D eigenvalue weighted by Crippen LogP contribution is 2.16. The van der Waals surface area contributed by atoms with Crippen molar-refractivity contribution in [2.75, 3.05) is 13.7 Å². The Morgan fingerprint density at radius 3 is 2.13 bits per heavy atom. The van der Waals surface area contributed by atoms with Gasteiger partial charge in [0.2, 0.25) is 0 Å². The summed E-state index contributed by atoms with van der Waals surface area (Å²) >= 11 is 0. The van der Waals surface area contributed by atoms with Gasteiger partial charge >= 0.3 is 6.03 Å². The molecule has 4 amide bonds. The van der Waals surface area contributed by atoms with Crippen LogP contribution in [-0.4, -0.2) is 37.6 Å². The zero-order valence-corrected chi connectivity index (χ0v) is 17.2. The smallest absolute Gasteiger partial charge is 0.315 e. The molecule has 2 aromatic carbocycles. The van der Waals surface area contributed by atoms with E-state index in [0.717, 1.165) is 5.56 Å². The molecule has 30 heavy (non-hydrogen) atoms. The van der Waals surface area contributed by atoms with E-state index >= 15 is 0 Å². The molecule has 0 fully saturated rings. The molecule has 0 aromatic heterocycles. The molecule has 0 saturated heterocycles. The van der Waals surface area contributed by atoms with Gasteiger partial charge in [-0.2, -0.15) is 0 Å². The van der Waals surface area contributed by atoms with Crippen molar-refractivity contribution in [2.24, 2.45) is 0 Å². The maximum Gasteiger partial charge on any atom is 0.315 e. The number of hydrogen-bond acceptors (Lipinski definition) is 5. The number of methoxy groups -OCH3 is 1. The van der Waals surface area contributed by atoms with Crippen LogP contribution in [0.2, 0.25) is 0 Å². The fraction of sp³-hybridized carbons (Fsp3) is 0.286. The molecule has 0 unspecified atom stereocenters. The van der Waals surface area contributed by atoms with E-state index in [-0.39, 0.29) is 18.7 Å². The topological polar surface area (TPSA) is 118 Å². The minimum absolute atomic E-state index is 0.0490. The lowest BCUT2D eigenvalue weighted by molar-refractivity contribution is -0.123. The summed E-state index contributed by atoms with van der Waals surface area (Å²) in [6, 6.07) is 13.2. The highest BCUT2D eigenvalue weighted by molar-refractivity contribution is 5.95. The van der Waals surface area contributed by atoms with Crippen LogP contribution in [-0.2, 0) is 11.3 Å². The molecule has 0 saturated carbocycles. The zero-order chi connectivity index (χ0) is 21.9. The Labute approximate surface area is 175 Å². The minimum atomic E-state index is -0.504. The quantitative estimate of drug-likeness (QED) is 0.491. The van der Waals surface area contributed by atoms with Crippen LogP contribution < -0.4 is 31.0 Å². The molecule has 4 N–H and O–H groups in total. The maximum absolute atomic E-state index is 12.1. The summed E-state index contributed by atoms with van der Waals surface area (Å²) in [6.45, 7) is 3.82. The first-order valence-corrected chi connectivity index (χ1v) is 9.36. The van der Waals surface area contributed by atoms with Gasteiger partial charge < -0.3 is 20.1 Å². The number of rotatable bonds is 8. The van der Waals surface area contributed by atoms with Crippen LogP contribution >= 0.6 is 0 Å². The second-order valence-electron chi connectivity index (χ2n) is 6.65. The lowest BCUT2D eigenvalue weighted by Crippen LogP contribution is -2.43. The fourth-order valence-electron chi connectivity index (χ4n) is 2.33. The van der Waals surface area contributed by atoms with Gasteiger partial charge in [0, 0.05) is 18.2 Å². The first kappa shape index (κ1) is 22.5. The summed E-state index contributed by atoms with van der Waals surface area (Å²) < 4.78 is 10.4. The molecule has 0 aliphatic rings. The van der Waals surface area contributed by atoms with E-state index < -0.39 is 11.8 Å².